The second kappa shape index (κ2) is 7.68. The quantitative estimate of drug-likeness (QED) is 0.303. The Morgan fingerprint density at radius 2 is 1.77 bits per heavy atom. The minimum atomic E-state index is 0.676. The topological polar surface area (TPSA) is 50.4 Å². The molecule has 2 aromatic carbocycles. The van der Waals surface area contributed by atoms with Gasteiger partial charge in [-0.25, -0.2) is 4.98 Å². The lowest BCUT2D eigenvalue weighted by Crippen LogP contribution is -1.89. The van der Waals surface area contributed by atoms with Crippen molar-refractivity contribution in [3.05, 3.63) is 82.3 Å². The van der Waals surface area contributed by atoms with E-state index in [0.717, 1.165) is 32.2 Å². The van der Waals surface area contributed by atoms with Crippen molar-refractivity contribution in [2.45, 2.75) is 0 Å². The molecule has 128 valence electrons. The fourth-order valence-electron chi connectivity index (χ4n) is 2.41. The van der Waals surface area contributed by atoms with Gasteiger partial charge in [0.05, 0.1) is 11.9 Å². The summed E-state index contributed by atoms with van der Waals surface area (Å²) in [6.45, 7) is 0. The van der Waals surface area contributed by atoms with Crippen LogP contribution in [0.2, 0.25) is 0 Å². The molecule has 0 aliphatic carbocycles. The van der Waals surface area contributed by atoms with Crippen molar-refractivity contribution < 1.29 is 4.42 Å². The van der Waals surface area contributed by atoms with Crippen LogP contribution in [0.15, 0.2) is 86.1 Å². The van der Waals surface area contributed by atoms with Crippen LogP contribution in [0, 0.1) is 0 Å². The third-order valence-corrected chi connectivity index (χ3v) is 4.96. The van der Waals surface area contributed by atoms with Gasteiger partial charge in [-0.15, -0.1) is 11.3 Å². The van der Waals surface area contributed by atoms with Crippen molar-refractivity contribution in [1.29, 1.82) is 0 Å². The standard InChI is InChI=1S/C20H14BrN3OS/c21-16-8-6-15(7-9-16)19-11-10-17(25-19)12-22-24-20-23-18(13-26-20)14-4-2-1-3-5-14/h1-13H,(H,23,24). The Kier molecular flexibility index (Phi) is 4.95. The summed E-state index contributed by atoms with van der Waals surface area (Å²) in [4.78, 5) is 4.53. The first-order chi connectivity index (χ1) is 12.8. The van der Waals surface area contributed by atoms with Gasteiger partial charge in [-0.05, 0) is 24.3 Å². The predicted octanol–water partition coefficient (Wildman–Crippen LogP) is 6.28. The maximum Gasteiger partial charge on any atom is 0.203 e. The van der Waals surface area contributed by atoms with Gasteiger partial charge < -0.3 is 4.42 Å². The molecule has 4 rings (SSSR count). The lowest BCUT2D eigenvalue weighted by molar-refractivity contribution is 0.575. The number of nitrogens with zero attached hydrogens (tertiary/aromatic N) is 2. The molecule has 0 amide bonds. The Labute approximate surface area is 163 Å². The van der Waals surface area contributed by atoms with E-state index in [9.17, 15) is 0 Å². The van der Waals surface area contributed by atoms with Crippen molar-refractivity contribution in [2.24, 2.45) is 5.10 Å². The van der Waals surface area contributed by atoms with Crippen LogP contribution in [0.3, 0.4) is 0 Å². The van der Waals surface area contributed by atoms with Gasteiger partial charge in [0.25, 0.3) is 0 Å². The Hall–Kier alpha value is -2.70. The first kappa shape index (κ1) is 16.8. The number of hydrogen-bond acceptors (Lipinski definition) is 5. The van der Waals surface area contributed by atoms with E-state index < -0.39 is 0 Å². The molecule has 0 spiro atoms. The molecule has 0 fully saturated rings. The van der Waals surface area contributed by atoms with E-state index in [4.69, 9.17) is 4.42 Å². The van der Waals surface area contributed by atoms with Crippen LogP contribution in [0.5, 0.6) is 0 Å². The highest BCUT2D eigenvalue weighted by atomic mass is 79.9. The zero-order chi connectivity index (χ0) is 17.8. The van der Waals surface area contributed by atoms with Crippen LogP contribution in [0.1, 0.15) is 5.76 Å². The smallest absolute Gasteiger partial charge is 0.203 e. The number of hydrogen-bond donors (Lipinski definition) is 1. The molecule has 0 aliphatic heterocycles. The van der Waals surface area contributed by atoms with Crippen LogP contribution in [0.4, 0.5) is 5.13 Å². The Morgan fingerprint density at radius 1 is 0.962 bits per heavy atom. The molecule has 0 bridgehead atoms. The Morgan fingerprint density at radius 3 is 2.58 bits per heavy atom. The van der Waals surface area contributed by atoms with Crippen molar-refractivity contribution >= 4 is 38.6 Å². The molecule has 6 heteroatoms. The van der Waals surface area contributed by atoms with E-state index in [2.05, 4.69) is 31.4 Å². The third-order valence-electron chi connectivity index (χ3n) is 3.68. The van der Waals surface area contributed by atoms with Gasteiger partial charge in [0, 0.05) is 21.0 Å². The zero-order valence-electron chi connectivity index (χ0n) is 13.6. The highest BCUT2D eigenvalue weighted by Gasteiger charge is 2.04. The molecule has 4 nitrogen and oxygen atoms in total. The van der Waals surface area contributed by atoms with E-state index >= 15 is 0 Å². The first-order valence-electron chi connectivity index (χ1n) is 7.94. The maximum absolute atomic E-state index is 5.80. The lowest BCUT2D eigenvalue weighted by atomic mass is 10.2. The molecule has 4 aromatic rings. The normalized spacial score (nSPS) is 11.1. The summed E-state index contributed by atoms with van der Waals surface area (Å²) in [5.41, 5.74) is 5.99. The second-order valence-corrected chi connectivity index (χ2v) is 7.26. The lowest BCUT2D eigenvalue weighted by Gasteiger charge is -1.96. The molecular formula is C20H14BrN3OS. The molecular weight excluding hydrogens is 410 g/mol. The third kappa shape index (κ3) is 3.92. The van der Waals surface area contributed by atoms with Gasteiger partial charge in [-0.3, -0.25) is 5.43 Å². The highest BCUT2D eigenvalue weighted by molar-refractivity contribution is 9.10. The van der Waals surface area contributed by atoms with Crippen LogP contribution in [0.25, 0.3) is 22.6 Å². The average Bonchev–Trinajstić information content (AvgIpc) is 3.33. The Bertz CT molecular complexity index is 1020. The SMILES string of the molecule is Brc1ccc(-c2ccc(C=NNc3nc(-c4ccccc4)cs3)o2)cc1. The van der Waals surface area contributed by atoms with Gasteiger partial charge >= 0.3 is 0 Å². The fourth-order valence-corrected chi connectivity index (χ4v) is 3.34. The van der Waals surface area contributed by atoms with Crippen molar-refractivity contribution in [1.82, 2.24) is 4.98 Å². The van der Waals surface area contributed by atoms with Crippen molar-refractivity contribution in [2.75, 3.05) is 5.43 Å². The molecule has 0 unspecified atom stereocenters. The fraction of sp³-hybridized carbons (Fsp3) is 0. The summed E-state index contributed by atoms with van der Waals surface area (Å²) in [7, 11) is 0. The summed E-state index contributed by atoms with van der Waals surface area (Å²) >= 11 is 4.94. The van der Waals surface area contributed by atoms with Gasteiger partial charge in [-0.1, -0.05) is 58.4 Å². The number of benzene rings is 2. The molecule has 0 aliphatic rings. The Balaban J connectivity index is 1.42. The van der Waals surface area contributed by atoms with Crippen molar-refractivity contribution in [3.8, 4) is 22.6 Å². The van der Waals surface area contributed by atoms with E-state index in [1.165, 1.54) is 11.3 Å². The minimum absolute atomic E-state index is 0.676. The van der Waals surface area contributed by atoms with Gasteiger partial charge in [0.2, 0.25) is 5.13 Å². The summed E-state index contributed by atoms with van der Waals surface area (Å²) in [6.07, 6.45) is 1.64. The molecule has 26 heavy (non-hydrogen) atoms. The van der Waals surface area contributed by atoms with E-state index in [-0.39, 0.29) is 0 Å². The second-order valence-electron chi connectivity index (χ2n) is 5.48. The first-order valence-corrected chi connectivity index (χ1v) is 9.61. The molecule has 0 saturated heterocycles. The van der Waals surface area contributed by atoms with Crippen LogP contribution < -0.4 is 5.43 Å². The number of thiazole rings is 1. The summed E-state index contributed by atoms with van der Waals surface area (Å²) in [5, 5.41) is 6.95. The maximum atomic E-state index is 5.80. The molecule has 0 atom stereocenters. The molecule has 1 N–H and O–H groups in total. The zero-order valence-corrected chi connectivity index (χ0v) is 16.0. The highest BCUT2D eigenvalue weighted by Crippen LogP contribution is 2.25. The monoisotopic (exact) mass is 423 g/mol. The predicted molar refractivity (Wildman–Crippen MR) is 111 cm³/mol. The average molecular weight is 424 g/mol. The molecule has 2 aromatic heterocycles. The number of aromatic nitrogens is 1. The number of furan rings is 1. The van der Waals surface area contributed by atoms with E-state index in [1.54, 1.807) is 6.21 Å². The van der Waals surface area contributed by atoms with Gasteiger partial charge in [0.1, 0.15) is 11.5 Å². The van der Waals surface area contributed by atoms with Crippen LogP contribution in [-0.4, -0.2) is 11.2 Å². The van der Waals surface area contributed by atoms with Crippen LogP contribution >= 0.6 is 27.3 Å². The van der Waals surface area contributed by atoms with E-state index in [1.807, 2.05) is 72.1 Å². The number of rotatable bonds is 5. The molecule has 0 radical (unpaired) electrons. The van der Waals surface area contributed by atoms with Crippen molar-refractivity contribution in [3.63, 3.8) is 0 Å². The number of halogens is 1. The number of anilines is 1. The largest absolute Gasteiger partial charge is 0.455 e. The van der Waals surface area contributed by atoms with Crippen LogP contribution in [-0.2, 0) is 0 Å². The van der Waals surface area contributed by atoms with Gasteiger partial charge in [0.15, 0.2) is 0 Å². The summed E-state index contributed by atoms with van der Waals surface area (Å²) in [5.74, 6) is 1.48. The minimum Gasteiger partial charge on any atom is -0.455 e. The van der Waals surface area contributed by atoms with E-state index in [0.29, 0.717) is 5.76 Å². The van der Waals surface area contributed by atoms with Gasteiger partial charge in [-0.2, -0.15) is 5.10 Å². The summed E-state index contributed by atoms with van der Waals surface area (Å²) < 4.78 is 6.84. The molecule has 2 heterocycles. The molecule has 0 saturated carbocycles. The summed E-state index contributed by atoms with van der Waals surface area (Å²) in [6, 6.07) is 21.9. The number of nitrogens with one attached hydrogen (secondary N) is 1. The number of hydrazone groups is 1.